The predicted molar refractivity (Wildman–Crippen MR) is 72.6 cm³/mol. The summed E-state index contributed by atoms with van der Waals surface area (Å²) in [5.41, 5.74) is 2.98. The third-order valence-corrected chi connectivity index (χ3v) is 3.66. The van der Waals surface area contributed by atoms with Crippen molar-refractivity contribution in [2.45, 2.75) is 25.9 Å². The number of hydrogen-bond acceptors (Lipinski definition) is 3. The van der Waals surface area contributed by atoms with Crippen LogP contribution in [0.5, 0.6) is 17.2 Å². The Morgan fingerprint density at radius 2 is 1.79 bits per heavy atom. The van der Waals surface area contributed by atoms with Gasteiger partial charge in [0.15, 0.2) is 0 Å². The topological polar surface area (TPSA) is 49.7 Å². The molecule has 0 fully saturated rings. The van der Waals surface area contributed by atoms with E-state index in [1.165, 1.54) is 0 Å². The minimum Gasteiger partial charge on any atom is -0.508 e. The number of fused-ring (bicyclic) bond motifs is 1. The number of benzene rings is 2. The van der Waals surface area contributed by atoms with Crippen molar-refractivity contribution in [2.75, 3.05) is 0 Å². The van der Waals surface area contributed by atoms with E-state index in [4.69, 9.17) is 4.74 Å². The maximum atomic E-state index is 9.76. The van der Waals surface area contributed by atoms with E-state index in [1.54, 1.807) is 18.2 Å². The van der Waals surface area contributed by atoms with E-state index in [2.05, 4.69) is 0 Å². The lowest BCUT2D eigenvalue weighted by Gasteiger charge is -2.28. The molecule has 0 radical (unpaired) electrons. The highest BCUT2D eigenvalue weighted by Gasteiger charge is 2.23. The van der Waals surface area contributed by atoms with Crippen LogP contribution in [0.15, 0.2) is 36.4 Å². The average Bonchev–Trinajstić information content (AvgIpc) is 2.44. The SMILES string of the molecule is Cc1c(O)ccc2c1O[C@H](c1ccc(O)cc1)CC2. The molecule has 0 spiro atoms. The molecule has 98 valence electrons. The van der Waals surface area contributed by atoms with Gasteiger partial charge < -0.3 is 14.9 Å². The Labute approximate surface area is 112 Å². The highest BCUT2D eigenvalue weighted by molar-refractivity contribution is 5.50. The number of phenols is 2. The van der Waals surface area contributed by atoms with Crippen molar-refractivity contribution >= 4 is 0 Å². The quantitative estimate of drug-likeness (QED) is 0.821. The predicted octanol–water partition coefficient (Wildman–Crippen LogP) is 3.47. The summed E-state index contributed by atoms with van der Waals surface area (Å²) in [6, 6.07) is 10.7. The highest BCUT2D eigenvalue weighted by atomic mass is 16.5. The lowest BCUT2D eigenvalue weighted by Crippen LogP contribution is -2.15. The molecule has 1 heterocycles. The van der Waals surface area contributed by atoms with Crippen molar-refractivity contribution in [3.05, 3.63) is 53.1 Å². The van der Waals surface area contributed by atoms with Gasteiger partial charge in [-0.2, -0.15) is 0 Å². The van der Waals surface area contributed by atoms with Gasteiger partial charge in [0, 0.05) is 5.56 Å². The Balaban J connectivity index is 1.93. The molecule has 3 heteroatoms. The Morgan fingerprint density at radius 1 is 1.05 bits per heavy atom. The maximum Gasteiger partial charge on any atom is 0.130 e. The zero-order valence-corrected chi connectivity index (χ0v) is 10.8. The van der Waals surface area contributed by atoms with E-state index in [-0.39, 0.29) is 17.6 Å². The number of phenolic OH excluding ortho intramolecular Hbond substituents is 2. The highest BCUT2D eigenvalue weighted by Crippen LogP contribution is 2.40. The third-order valence-electron chi connectivity index (χ3n) is 3.66. The minimum atomic E-state index is -0.0198. The van der Waals surface area contributed by atoms with Gasteiger partial charge in [-0.15, -0.1) is 0 Å². The normalized spacial score (nSPS) is 17.6. The standard InChI is InChI=1S/C16H16O3/c1-10-14(18)8-4-12-5-9-15(19-16(10)12)11-2-6-13(17)7-3-11/h2-4,6-8,15,17-18H,5,9H2,1H3/t15-/m0/s1. The van der Waals surface area contributed by atoms with Gasteiger partial charge in [-0.05, 0) is 49.1 Å². The summed E-state index contributed by atoms with van der Waals surface area (Å²) in [7, 11) is 0. The van der Waals surface area contributed by atoms with Crippen LogP contribution in [-0.4, -0.2) is 10.2 Å². The maximum absolute atomic E-state index is 9.76. The van der Waals surface area contributed by atoms with E-state index in [9.17, 15) is 10.2 Å². The molecule has 0 aliphatic carbocycles. The van der Waals surface area contributed by atoms with E-state index in [0.29, 0.717) is 0 Å². The fourth-order valence-corrected chi connectivity index (χ4v) is 2.51. The molecule has 2 N–H and O–H groups in total. The van der Waals surface area contributed by atoms with Gasteiger partial charge in [-0.3, -0.25) is 0 Å². The van der Waals surface area contributed by atoms with Crippen molar-refractivity contribution in [2.24, 2.45) is 0 Å². The summed E-state index contributed by atoms with van der Waals surface area (Å²) < 4.78 is 6.03. The van der Waals surface area contributed by atoms with Gasteiger partial charge >= 0.3 is 0 Å². The zero-order chi connectivity index (χ0) is 13.4. The average molecular weight is 256 g/mol. The molecule has 0 unspecified atom stereocenters. The summed E-state index contributed by atoms with van der Waals surface area (Å²) in [5, 5.41) is 19.1. The van der Waals surface area contributed by atoms with Crippen LogP contribution in [0.1, 0.15) is 29.2 Å². The third kappa shape index (κ3) is 2.12. The molecular weight excluding hydrogens is 240 g/mol. The van der Waals surface area contributed by atoms with E-state index in [1.807, 2.05) is 25.1 Å². The Kier molecular flexibility index (Phi) is 2.82. The van der Waals surface area contributed by atoms with E-state index >= 15 is 0 Å². The molecule has 3 nitrogen and oxygen atoms in total. The smallest absolute Gasteiger partial charge is 0.130 e. The monoisotopic (exact) mass is 256 g/mol. The first-order valence-corrected chi connectivity index (χ1v) is 6.42. The first-order chi connectivity index (χ1) is 9.15. The molecule has 2 aromatic carbocycles. The molecule has 19 heavy (non-hydrogen) atoms. The summed E-state index contributed by atoms with van der Waals surface area (Å²) >= 11 is 0. The number of aromatic hydroxyl groups is 2. The van der Waals surface area contributed by atoms with Crippen LogP contribution in [0.25, 0.3) is 0 Å². The molecule has 0 saturated carbocycles. The molecule has 0 amide bonds. The minimum absolute atomic E-state index is 0.0198. The van der Waals surface area contributed by atoms with Gasteiger partial charge in [-0.1, -0.05) is 18.2 Å². The number of ether oxygens (including phenoxy) is 1. The number of aryl methyl sites for hydroxylation is 1. The first-order valence-electron chi connectivity index (χ1n) is 6.42. The fraction of sp³-hybridized carbons (Fsp3) is 0.250. The van der Waals surface area contributed by atoms with Crippen LogP contribution in [-0.2, 0) is 6.42 Å². The molecule has 3 rings (SSSR count). The van der Waals surface area contributed by atoms with Crippen LogP contribution in [0.2, 0.25) is 0 Å². The Bertz CT molecular complexity index is 602. The van der Waals surface area contributed by atoms with Crippen molar-refractivity contribution in [3.8, 4) is 17.2 Å². The molecule has 0 bridgehead atoms. The van der Waals surface area contributed by atoms with Crippen LogP contribution >= 0.6 is 0 Å². The van der Waals surface area contributed by atoms with Crippen molar-refractivity contribution < 1.29 is 14.9 Å². The van der Waals surface area contributed by atoms with Gasteiger partial charge in [-0.25, -0.2) is 0 Å². The molecule has 1 aliphatic heterocycles. The molecular formula is C16H16O3. The van der Waals surface area contributed by atoms with E-state index < -0.39 is 0 Å². The fourth-order valence-electron chi connectivity index (χ4n) is 2.51. The molecule has 1 atom stereocenters. The molecule has 0 aromatic heterocycles. The van der Waals surface area contributed by atoms with Crippen LogP contribution in [0.4, 0.5) is 0 Å². The summed E-state index contributed by atoms with van der Waals surface area (Å²) in [5.74, 6) is 1.32. The molecule has 0 saturated heterocycles. The molecule has 1 aliphatic rings. The van der Waals surface area contributed by atoms with E-state index in [0.717, 1.165) is 35.3 Å². The second-order valence-corrected chi connectivity index (χ2v) is 4.93. The zero-order valence-electron chi connectivity index (χ0n) is 10.8. The van der Waals surface area contributed by atoms with Crippen molar-refractivity contribution in [1.29, 1.82) is 0 Å². The second kappa shape index (κ2) is 4.50. The van der Waals surface area contributed by atoms with Crippen LogP contribution in [0, 0.1) is 6.92 Å². The number of hydrogen-bond donors (Lipinski definition) is 2. The number of rotatable bonds is 1. The van der Waals surface area contributed by atoms with Gasteiger partial charge in [0.1, 0.15) is 23.4 Å². The van der Waals surface area contributed by atoms with Crippen LogP contribution < -0.4 is 4.74 Å². The summed E-state index contributed by atoms with van der Waals surface area (Å²) in [6.45, 7) is 1.87. The lowest BCUT2D eigenvalue weighted by molar-refractivity contribution is 0.174. The van der Waals surface area contributed by atoms with Gasteiger partial charge in [0.25, 0.3) is 0 Å². The molecule has 2 aromatic rings. The van der Waals surface area contributed by atoms with Gasteiger partial charge in [0.2, 0.25) is 0 Å². The van der Waals surface area contributed by atoms with Crippen LogP contribution in [0.3, 0.4) is 0 Å². The van der Waals surface area contributed by atoms with Crippen molar-refractivity contribution in [1.82, 2.24) is 0 Å². The largest absolute Gasteiger partial charge is 0.508 e. The van der Waals surface area contributed by atoms with Gasteiger partial charge in [0.05, 0.1) is 0 Å². The summed E-state index contributed by atoms with van der Waals surface area (Å²) in [4.78, 5) is 0. The lowest BCUT2D eigenvalue weighted by atomic mass is 9.95. The Morgan fingerprint density at radius 3 is 2.53 bits per heavy atom. The Hall–Kier alpha value is -2.16. The second-order valence-electron chi connectivity index (χ2n) is 4.93. The summed E-state index contributed by atoms with van der Waals surface area (Å²) in [6.07, 6.45) is 1.82. The first kappa shape index (κ1) is 11.9. The van der Waals surface area contributed by atoms with Crippen molar-refractivity contribution in [3.63, 3.8) is 0 Å².